The highest BCUT2D eigenvalue weighted by Gasteiger charge is 2.06. The number of nitrogens with one attached hydrogen (secondary N) is 2. The van der Waals surface area contributed by atoms with Gasteiger partial charge in [-0.25, -0.2) is 9.97 Å². The van der Waals surface area contributed by atoms with E-state index < -0.39 is 0 Å². The first kappa shape index (κ1) is 10.7. The van der Waals surface area contributed by atoms with Crippen molar-refractivity contribution in [3.63, 3.8) is 0 Å². The lowest BCUT2D eigenvalue weighted by atomic mass is 10.1. The lowest BCUT2D eigenvalue weighted by Gasteiger charge is -1.97. The number of benzene rings is 1. The number of fused-ring (bicyclic) bond motifs is 1. The summed E-state index contributed by atoms with van der Waals surface area (Å²) in [4.78, 5) is 25.6. The molecule has 0 unspecified atom stereocenters. The number of aromatic amines is 2. The molecule has 0 amide bonds. The summed E-state index contributed by atoms with van der Waals surface area (Å²) in [5, 5.41) is 0. The zero-order chi connectivity index (χ0) is 12.5. The fraction of sp³-hybridized carbons (Fsp3) is 0.154. The number of nitrogens with zero attached hydrogens (tertiary/aromatic N) is 2. The number of aromatic nitrogens is 4. The van der Waals surface area contributed by atoms with Gasteiger partial charge in [0.15, 0.2) is 0 Å². The Labute approximate surface area is 103 Å². The molecule has 3 aromatic rings. The summed E-state index contributed by atoms with van der Waals surface area (Å²) >= 11 is 0. The maximum absolute atomic E-state index is 11.0. The molecular formula is C13H12N4O. The third-order valence-corrected chi connectivity index (χ3v) is 2.78. The predicted octanol–water partition coefficient (Wildman–Crippen LogP) is 2.08. The van der Waals surface area contributed by atoms with Gasteiger partial charge >= 0.3 is 0 Å². The highest BCUT2D eigenvalue weighted by molar-refractivity contribution is 5.81. The van der Waals surface area contributed by atoms with Crippen molar-refractivity contribution in [2.45, 2.75) is 13.3 Å². The number of Topliss-reactive ketones (excluding diaryl/α,β-unsaturated/α-hetero) is 1. The highest BCUT2D eigenvalue weighted by Crippen LogP contribution is 2.21. The summed E-state index contributed by atoms with van der Waals surface area (Å²) in [7, 11) is 0. The topological polar surface area (TPSA) is 74.4 Å². The number of H-pyrrole nitrogens is 2. The van der Waals surface area contributed by atoms with Gasteiger partial charge in [-0.3, -0.25) is 4.79 Å². The summed E-state index contributed by atoms with van der Waals surface area (Å²) in [6.45, 7) is 1.55. The Morgan fingerprint density at radius 2 is 2.22 bits per heavy atom. The Morgan fingerprint density at radius 3 is 3.06 bits per heavy atom. The van der Waals surface area contributed by atoms with E-state index in [1.54, 1.807) is 19.4 Å². The van der Waals surface area contributed by atoms with Gasteiger partial charge in [-0.1, -0.05) is 6.07 Å². The summed E-state index contributed by atoms with van der Waals surface area (Å²) in [6, 6.07) is 5.94. The number of ketones is 1. The number of hydrogen-bond acceptors (Lipinski definition) is 3. The van der Waals surface area contributed by atoms with Crippen LogP contribution >= 0.6 is 0 Å². The Balaban J connectivity index is 1.97. The van der Waals surface area contributed by atoms with Crippen molar-refractivity contribution in [1.29, 1.82) is 0 Å². The monoisotopic (exact) mass is 240 g/mol. The fourth-order valence-corrected chi connectivity index (χ4v) is 1.94. The molecule has 0 saturated carbocycles. The minimum Gasteiger partial charge on any atom is -0.345 e. The van der Waals surface area contributed by atoms with E-state index in [-0.39, 0.29) is 5.78 Å². The van der Waals surface area contributed by atoms with Crippen molar-refractivity contribution in [3.05, 3.63) is 36.5 Å². The van der Waals surface area contributed by atoms with Gasteiger partial charge in [0.25, 0.3) is 0 Å². The number of carbonyl (C=O) groups is 1. The lowest BCUT2D eigenvalue weighted by Crippen LogP contribution is -1.97. The Hall–Kier alpha value is -2.43. The second-order valence-corrected chi connectivity index (χ2v) is 4.26. The van der Waals surface area contributed by atoms with E-state index in [1.165, 1.54) is 0 Å². The van der Waals surface area contributed by atoms with E-state index in [1.807, 2.05) is 18.2 Å². The van der Waals surface area contributed by atoms with E-state index in [0.717, 1.165) is 22.3 Å². The number of imidazole rings is 2. The van der Waals surface area contributed by atoms with E-state index >= 15 is 0 Å². The average Bonchev–Trinajstić information content (AvgIpc) is 2.95. The number of carbonyl (C=O) groups excluding carboxylic acids is 1. The molecule has 0 spiro atoms. The lowest BCUT2D eigenvalue weighted by molar-refractivity contribution is -0.116. The normalized spacial score (nSPS) is 10.9. The first-order chi connectivity index (χ1) is 8.72. The van der Waals surface area contributed by atoms with Gasteiger partial charge in [-0.2, -0.15) is 0 Å². The summed E-state index contributed by atoms with van der Waals surface area (Å²) in [6.07, 6.45) is 3.75. The fourth-order valence-electron chi connectivity index (χ4n) is 1.94. The van der Waals surface area contributed by atoms with Gasteiger partial charge < -0.3 is 9.97 Å². The Bertz CT molecular complexity index is 710. The molecule has 0 aliphatic rings. The van der Waals surface area contributed by atoms with Crippen LogP contribution in [-0.4, -0.2) is 25.7 Å². The van der Waals surface area contributed by atoms with Gasteiger partial charge in [0.05, 0.1) is 35.7 Å². The van der Waals surface area contributed by atoms with E-state index in [0.29, 0.717) is 12.2 Å². The van der Waals surface area contributed by atoms with Gasteiger partial charge in [0, 0.05) is 5.56 Å². The average molecular weight is 240 g/mol. The van der Waals surface area contributed by atoms with Crippen LogP contribution in [0, 0.1) is 0 Å². The quantitative estimate of drug-likeness (QED) is 0.736. The van der Waals surface area contributed by atoms with Crippen LogP contribution in [0.2, 0.25) is 0 Å². The van der Waals surface area contributed by atoms with Crippen LogP contribution in [0.4, 0.5) is 0 Å². The van der Waals surface area contributed by atoms with Gasteiger partial charge in [0.2, 0.25) is 0 Å². The van der Waals surface area contributed by atoms with Crippen molar-refractivity contribution < 1.29 is 4.79 Å². The zero-order valence-corrected chi connectivity index (χ0v) is 9.90. The molecule has 0 saturated heterocycles. The SMILES string of the molecule is CC(=O)Cc1ncc(-c2ccc3nc[nH]c3c2)[nH]1. The van der Waals surface area contributed by atoms with Crippen LogP contribution in [0.5, 0.6) is 0 Å². The minimum atomic E-state index is 0.0971. The van der Waals surface area contributed by atoms with Gasteiger partial charge in [-0.05, 0) is 19.1 Å². The standard InChI is InChI=1S/C13H12N4O/c1-8(18)4-13-14-6-12(17-13)9-2-3-10-11(5-9)16-7-15-10/h2-3,5-7H,4H2,1H3,(H,14,17)(H,15,16). The molecule has 0 aliphatic heterocycles. The molecule has 2 aromatic heterocycles. The molecule has 0 fully saturated rings. The molecule has 0 atom stereocenters. The van der Waals surface area contributed by atoms with Crippen LogP contribution in [0.1, 0.15) is 12.7 Å². The highest BCUT2D eigenvalue weighted by atomic mass is 16.1. The number of hydrogen-bond donors (Lipinski definition) is 2. The van der Waals surface area contributed by atoms with Gasteiger partial charge in [-0.15, -0.1) is 0 Å². The van der Waals surface area contributed by atoms with Crippen molar-refractivity contribution in [2.75, 3.05) is 0 Å². The molecule has 3 rings (SSSR count). The van der Waals surface area contributed by atoms with Crippen LogP contribution in [0.3, 0.4) is 0 Å². The third kappa shape index (κ3) is 1.90. The maximum Gasteiger partial charge on any atom is 0.137 e. The van der Waals surface area contributed by atoms with Gasteiger partial charge in [0.1, 0.15) is 11.6 Å². The largest absolute Gasteiger partial charge is 0.345 e. The number of rotatable bonds is 3. The molecule has 0 bridgehead atoms. The van der Waals surface area contributed by atoms with Crippen molar-refractivity contribution in [2.24, 2.45) is 0 Å². The first-order valence-corrected chi connectivity index (χ1v) is 5.69. The van der Waals surface area contributed by atoms with Crippen molar-refractivity contribution in [3.8, 4) is 11.3 Å². The molecule has 90 valence electrons. The molecule has 0 aliphatic carbocycles. The van der Waals surface area contributed by atoms with E-state index in [2.05, 4.69) is 19.9 Å². The van der Waals surface area contributed by atoms with Crippen LogP contribution in [-0.2, 0) is 11.2 Å². The van der Waals surface area contributed by atoms with Crippen molar-refractivity contribution >= 4 is 16.8 Å². The summed E-state index contributed by atoms with van der Waals surface area (Å²) < 4.78 is 0. The third-order valence-electron chi connectivity index (χ3n) is 2.78. The van der Waals surface area contributed by atoms with Crippen LogP contribution in [0.25, 0.3) is 22.3 Å². The van der Waals surface area contributed by atoms with Crippen molar-refractivity contribution in [1.82, 2.24) is 19.9 Å². The second kappa shape index (κ2) is 4.10. The van der Waals surface area contributed by atoms with E-state index in [4.69, 9.17) is 0 Å². The Morgan fingerprint density at radius 1 is 1.33 bits per heavy atom. The maximum atomic E-state index is 11.0. The van der Waals surface area contributed by atoms with Crippen LogP contribution in [0.15, 0.2) is 30.7 Å². The smallest absolute Gasteiger partial charge is 0.137 e. The minimum absolute atomic E-state index is 0.0971. The summed E-state index contributed by atoms with van der Waals surface area (Å²) in [5.41, 5.74) is 3.84. The molecular weight excluding hydrogens is 228 g/mol. The molecule has 2 heterocycles. The predicted molar refractivity (Wildman–Crippen MR) is 68.1 cm³/mol. The van der Waals surface area contributed by atoms with E-state index in [9.17, 15) is 4.79 Å². The molecule has 18 heavy (non-hydrogen) atoms. The van der Waals surface area contributed by atoms with Crippen LogP contribution < -0.4 is 0 Å². The summed E-state index contributed by atoms with van der Waals surface area (Å²) in [5.74, 6) is 0.794. The zero-order valence-electron chi connectivity index (χ0n) is 9.90. The molecule has 5 nitrogen and oxygen atoms in total. The Kier molecular flexibility index (Phi) is 2.44. The molecule has 5 heteroatoms. The first-order valence-electron chi connectivity index (χ1n) is 5.69. The second-order valence-electron chi connectivity index (χ2n) is 4.26. The molecule has 1 aromatic carbocycles. The molecule has 2 N–H and O–H groups in total. The molecule has 0 radical (unpaired) electrons.